The molecule has 0 bridgehead atoms. The molecule has 2 rings (SSSR count). The van der Waals surface area contributed by atoms with Crippen LogP contribution in [0.2, 0.25) is 0 Å². The van der Waals surface area contributed by atoms with Gasteiger partial charge in [-0.2, -0.15) is 0 Å². The first-order valence-corrected chi connectivity index (χ1v) is 7.99. The second kappa shape index (κ2) is 6.66. The molecule has 1 aromatic heterocycles. The van der Waals surface area contributed by atoms with Gasteiger partial charge < -0.3 is 5.32 Å². The molecule has 1 aromatic rings. The van der Waals surface area contributed by atoms with Gasteiger partial charge in [-0.05, 0) is 49.6 Å². The summed E-state index contributed by atoms with van der Waals surface area (Å²) in [7, 11) is 0. The van der Waals surface area contributed by atoms with Crippen molar-refractivity contribution >= 4 is 0 Å². The summed E-state index contributed by atoms with van der Waals surface area (Å²) in [6.45, 7) is 11.4. The molecule has 1 fully saturated rings. The SMILES string of the molecule is CCNCC1CCC(C(C)(C)C)CC1c1cnccn1. The quantitative estimate of drug-likeness (QED) is 0.911. The molecule has 0 aliphatic heterocycles. The molecule has 3 nitrogen and oxygen atoms in total. The van der Waals surface area contributed by atoms with Gasteiger partial charge in [-0.25, -0.2) is 0 Å². The van der Waals surface area contributed by atoms with Crippen molar-refractivity contribution in [3.05, 3.63) is 24.3 Å². The van der Waals surface area contributed by atoms with Crippen LogP contribution in [0.15, 0.2) is 18.6 Å². The van der Waals surface area contributed by atoms with Gasteiger partial charge in [-0.15, -0.1) is 0 Å². The third kappa shape index (κ3) is 3.78. The van der Waals surface area contributed by atoms with Crippen LogP contribution in [-0.4, -0.2) is 23.1 Å². The molecule has 3 unspecified atom stereocenters. The molecule has 0 radical (unpaired) electrons. The highest BCUT2D eigenvalue weighted by Gasteiger charge is 2.36. The summed E-state index contributed by atoms with van der Waals surface area (Å²) in [6.07, 6.45) is 9.46. The van der Waals surface area contributed by atoms with Gasteiger partial charge in [0, 0.05) is 24.5 Å². The molecule has 1 heterocycles. The van der Waals surface area contributed by atoms with Crippen LogP contribution in [0.25, 0.3) is 0 Å². The molecule has 1 aliphatic carbocycles. The highest BCUT2D eigenvalue weighted by Crippen LogP contribution is 2.46. The highest BCUT2D eigenvalue weighted by molar-refractivity contribution is 5.08. The van der Waals surface area contributed by atoms with Crippen molar-refractivity contribution in [1.82, 2.24) is 15.3 Å². The molecule has 1 N–H and O–H groups in total. The zero-order valence-corrected chi connectivity index (χ0v) is 13.4. The Morgan fingerprint density at radius 3 is 2.65 bits per heavy atom. The Balaban J connectivity index is 2.15. The van der Waals surface area contributed by atoms with E-state index in [1.165, 1.54) is 25.0 Å². The minimum atomic E-state index is 0.392. The first kappa shape index (κ1) is 15.4. The fourth-order valence-corrected chi connectivity index (χ4v) is 3.46. The van der Waals surface area contributed by atoms with E-state index in [-0.39, 0.29) is 0 Å². The van der Waals surface area contributed by atoms with Crippen LogP contribution in [0.5, 0.6) is 0 Å². The molecule has 0 spiro atoms. The Bertz CT molecular complexity index is 396. The Kier molecular flexibility index (Phi) is 5.14. The molecule has 20 heavy (non-hydrogen) atoms. The van der Waals surface area contributed by atoms with Gasteiger partial charge in [0.05, 0.1) is 5.69 Å². The van der Waals surface area contributed by atoms with Crippen molar-refractivity contribution in [1.29, 1.82) is 0 Å². The van der Waals surface area contributed by atoms with E-state index >= 15 is 0 Å². The predicted octanol–water partition coefficient (Wildman–Crippen LogP) is 3.63. The third-order valence-electron chi connectivity index (χ3n) is 4.84. The average Bonchev–Trinajstić information content (AvgIpc) is 2.45. The first-order chi connectivity index (χ1) is 9.52. The van der Waals surface area contributed by atoms with Crippen LogP contribution < -0.4 is 5.32 Å². The minimum absolute atomic E-state index is 0.392. The maximum atomic E-state index is 4.59. The van der Waals surface area contributed by atoms with E-state index in [1.807, 2.05) is 12.4 Å². The molecule has 3 atom stereocenters. The van der Waals surface area contributed by atoms with Gasteiger partial charge in [0.1, 0.15) is 0 Å². The number of aromatic nitrogens is 2. The Labute approximate surface area is 123 Å². The molecule has 0 saturated heterocycles. The van der Waals surface area contributed by atoms with Gasteiger partial charge in [0.25, 0.3) is 0 Å². The monoisotopic (exact) mass is 275 g/mol. The largest absolute Gasteiger partial charge is 0.317 e. The number of rotatable bonds is 4. The normalized spacial score (nSPS) is 27.5. The predicted molar refractivity (Wildman–Crippen MR) is 83.6 cm³/mol. The summed E-state index contributed by atoms with van der Waals surface area (Å²) < 4.78 is 0. The summed E-state index contributed by atoms with van der Waals surface area (Å²) in [4.78, 5) is 8.87. The van der Waals surface area contributed by atoms with Crippen molar-refractivity contribution in [2.45, 2.75) is 52.9 Å². The summed E-state index contributed by atoms with van der Waals surface area (Å²) in [5, 5.41) is 3.52. The summed E-state index contributed by atoms with van der Waals surface area (Å²) in [5.74, 6) is 2.04. The smallest absolute Gasteiger partial charge is 0.0620 e. The van der Waals surface area contributed by atoms with E-state index in [2.05, 4.69) is 43.0 Å². The Hall–Kier alpha value is -0.960. The van der Waals surface area contributed by atoms with E-state index in [1.54, 1.807) is 6.20 Å². The maximum absolute atomic E-state index is 4.59. The van der Waals surface area contributed by atoms with Gasteiger partial charge in [-0.3, -0.25) is 9.97 Å². The zero-order chi connectivity index (χ0) is 14.6. The summed E-state index contributed by atoms with van der Waals surface area (Å²) in [6, 6.07) is 0. The molecule has 112 valence electrons. The van der Waals surface area contributed by atoms with Crippen LogP contribution in [0.1, 0.15) is 58.6 Å². The van der Waals surface area contributed by atoms with E-state index in [4.69, 9.17) is 0 Å². The lowest BCUT2D eigenvalue weighted by molar-refractivity contribution is 0.128. The number of nitrogens with zero attached hydrogens (tertiary/aromatic N) is 2. The van der Waals surface area contributed by atoms with Gasteiger partial charge in [0.2, 0.25) is 0 Å². The first-order valence-electron chi connectivity index (χ1n) is 7.99. The summed E-state index contributed by atoms with van der Waals surface area (Å²) in [5.41, 5.74) is 1.58. The van der Waals surface area contributed by atoms with Gasteiger partial charge in [0.15, 0.2) is 0 Å². The fourth-order valence-electron chi connectivity index (χ4n) is 3.46. The van der Waals surface area contributed by atoms with Crippen LogP contribution in [0, 0.1) is 17.3 Å². The summed E-state index contributed by atoms with van der Waals surface area (Å²) >= 11 is 0. The average molecular weight is 275 g/mol. The highest BCUT2D eigenvalue weighted by atomic mass is 14.9. The van der Waals surface area contributed by atoms with Gasteiger partial charge >= 0.3 is 0 Å². The molecular formula is C17H29N3. The van der Waals surface area contributed by atoms with E-state index in [9.17, 15) is 0 Å². The Morgan fingerprint density at radius 2 is 2.05 bits per heavy atom. The van der Waals surface area contributed by atoms with E-state index in [0.29, 0.717) is 17.3 Å². The number of hydrogen-bond donors (Lipinski definition) is 1. The maximum Gasteiger partial charge on any atom is 0.0620 e. The molecule has 0 amide bonds. The molecule has 1 aliphatic rings. The van der Waals surface area contributed by atoms with Crippen LogP contribution in [0.3, 0.4) is 0 Å². The minimum Gasteiger partial charge on any atom is -0.317 e. The zero-order valence-electron chi connectivity index (χ0n) is 13.4. The van der Waals surface area contributed by atoms with E-state index in [0.717, 1.165) is 19.0 Å². The topological polar surface area (TPSA) is 37.8 Å². The van der Waals surface area contributed by atoms with Crippen LogP contribution in [-0.2, 0) is 0 Å². The fraction of sp³-hybridized carbons (Fsp3) is 0.765. The van der Waals surface area contributed by atoms with E-state index < -0.39 is 0 Å². The third-order valence-corrected chi connectivity index (χ3v) is 4.84. The lowest BCUT2D eigenvalue weighted by atomic mass is 9.65. The molecular weight excluding hydrogens is 246 g/mol. The standard InChI is InChI=1S/C17H29N3/c1-5-18-11-13-6-7-14(17(2,3)4)10-15(13)16-12-19-8-9-20-16/h8-9,12-15,18H,5-7,10-11H2,1-4H3. The second-order valence-corrected chi connectivity index (χ2v) is 7.18. The van der Waals surface area contributed by atoms with Crippen LogP contribution in [0.4, 0.5) is 0 Å². The Morgan fingerprint density at radius 1 is 1.25 bits per heavy atom. The second-order valence-electron chi connectivity index (χ2n) is 7.18. The number of hydrogen-bond acceptors (Lipinski definition) is 3. The van der Waals surface area contributed by atoms with Crippen molar-refractivity contribution in [2.24, 2.45) is 17.3 Å². The van der Waals surface area contributed by atoms with Crippen LogP contribution >= 0.6 is 0 Å². The number of nitrogens with one attached hydrogen (secondary N) is 1. The van der Waals surface area contributed by atoms with Crippen molar-refractivity contribution in [3.8, 4) is 0 Å². The van der Waals surface area contributed by atoms with Crippen molar-refractivity contribution in [3.63, 3.8) is 0 Å². The lowest BCUT2D eigenvalue weighted by Gasteiger charge is -2.41. The lowest BCUT2D eigenvalue weighted by Crippen LogP contribution is -2.36. The van der Waals surface area contributed by atoms with Gasteiger partial charge in [-0.1, -0.05) is 27.7 Å². The van der Waals surface area contributed by atoms with Crippen molar-refractivity contribution in [2.75, 3.05) is 13.1 Å². The molecule has 1 saturated carbocycles. The molecule has 0 aromatic carbocycles. The molecule has 3 heteroatoms. The van der Waals surface area contributed by atoms with Crippen molar-refractivity contribution < 1.29 is 0 Å².